The van der Waals surface area contributed by atoms with E-state index in [1.165, 1.54) is 11.3 Å². The summed E-state index contributed by atoms with van der Waals surface area (Å²) >= 11 is 1.41. The molecule has 0 spiro atoms. The number of fused-ring (bicyclic) bond motifs is 1. The summed E-state index contributed by atoms with van der Waals surface area (Å²) < 4.78 is 0. The molecular weight excluding hydrogens is 422 g/mol. The summed E-state index contributed by atoms with van der Waals surface area (Å²) in [5.74, 6) is 0.369. The van der Waals surface area contributed by atoms with Crippen molar-refractivity contribution in [3.63, 3.8) is 0 Å². The van der Waals surface area contributed by atoms with Gasteiger partial charge in [0.1, 0.15) is 0 Å². The largest absolute Gasteiger partial charge is 0.344 e. The molecule has 2 aromatic heterocycles. The molecule has 1 aliphatic heterocycles. The van der Waals surface area contributed by atoms with Gasteiger partial charge in [-0.2, -0.15) is 5.10 Å². The predicted molar refractivity (Wildman–Crippen MR) is 127 cm³/mol. The van der Waals surface area contributed by atoms with E-state index in [1.807, 2.05) is 53.9 Å². The SMILES string of the molecule is O=C1Nc2ccc(Cc3cccc(NC(=O)c4cccs4)c3)cc2/C1=C/Nc1cc[nH]n1. The van der Waals surface area contributed by atoms with Crippen LogP contribution in [0.4, 0.5) is 17.2 Å². The van der Waals surface area contributed by atoms with E-state index in [-0.39, 0.29) is 11.8 Å². The van der Waals surface area contributed by atoms with Gasteiger partial charge in [-0.05, 0) is 53.3 Å². The number of carbonyl (C=O) groups excluding carboxylic acids is 2. The van der Waals surface area contributed by atoms with Crippen LogP contribution in [0.3, 0.4) is 0 Å². The summed E-state index contributed by atoms with van der Waals surface area (Å²) in [7, 11) is 0. The summed E-state index contributed by atoms with van der Waals surface area (Å²) in [6, 6.07) is 19.2. The molecule has 2 amide bonds. The summed E-state index contributed by atoms with van der Waals surface area (Å²) in [5.41, 5.74) is 5.06. The van der Waals surface area contributed by atoms with E-state index in [9.17, 15) is 9.59 Å². The highest BCUT2D eigenvalue weighted by molar-refractivity contribution is 7.12. The average Bonchev–Trinajstić information content (AvgIpc) is 3.54. The van der Waals surface area contributed by atoms with E-state index in [2.05, 4.69) is 26.1 Å². The highest BCUT2D eigenvalue weighted by atomic mass is 32.1. The molecule has 4 N–H and O–H groups in total. The molecule has 0 unspecified atom stereocenters. The summed E-state index contributed by atoms with van der Waals surface area (Å²) in [4.78, 5) is 25.4. The number of aromatic nitrogens is 2. The summed E-state index contributed by atoms with van der Waals surface area (Å²) in [5, 5.41) is 17.5. The van der Waals surface area contributed by atoms with Crippen molar-refractivity contribution >= 4 is 45.9 Å². The first-order chi connectivity index (χ1) is 15.7. The molecule has 2 aromatic carbocycles. The summed E-state index contributed by atoms with van der Waals surface area (Å²) in [6.07, 6.45) is 4.05. The van der Waals surface area contributed by atoms with Crippen molar-refractivity contribution in [1.29, 1.82) is 0 Å². The van der Waals surface area contributed by atoms with Crippen molar-refractivity contribution in [3.05, 3.63) is 100 Å². The van der Waals surface area contributed by atoms with E-state index >= 15 is 0 Å². The Morgan fingerprint density at radius 1 is 1.06 bits per heavy atom. The zero-order valence-electron chi connectivity index (χ0n) is 16.9. The maximum absolute atomic E-state index is 12.4. The zero-order chi connectivity index (χ0) is 21.9. The van der Waals surface area contributed by atoms with E-state index in [0.717, 1.165) is 28.1 Å². The lowest BCUT2D eigenvalue weighted by atomic mass is 9.99. The molecular formula is C24H19N5O2S. The van der Waals surface area contributed by atoms with Gasteiger partial charge in [0, 0.05) is 35.4 Å². The number of aromatic amines is 1. The van der Waals surface area contributed by atoms with Gasteiger partial charge in [0.05, 0.1) is 10.5 Å². The van der Waals surface area contributed by atoms with Gasteiger partial charge in [-0.15, -0.1) is 11.3 Å². The van der Waals surface area contributed by atoms with Crippen LogP contribution in [0, 0.1) is 0 Å². The first-order valence-electron chi connectivity index (χ1n) is 10.0. The Morgan fingerprint density at radius 3 is 2.78 bits per heavy atom. The van der Waals surface area contributed by atoms with E-state index in [4.69, 9.17) is 0 Å². The topological polar surface area (TPSA) is 98.9 Å². The summed E-state index contributed by atoms with van der Waals surface area (Å²) in [6.45, 7) is 0. The fraction of sp³-hybridized carbons (Fsp3) is 0.0417. The number of carbonyl (C=O) groups is 2. The third-order valence-corrected chi connectivity index (χ3v) is 5.94. The standard InChI is InChI=1S/C24H19N5O2S/c30-23-19(14-25-22-8-9-26-29-22)18-13-16(6-7-20(18)28-23)11-15-3-1-4-17(12-15)27-24(31)21-5-2-10-32-21/h1-10,12-14H,11H2,(H,27,31)(H,28,30)(H2,25,26,29)/b19-14-. The van der Waals surface area contributed by atoms with Gasteiger partial charge in [-0.1, -0.05) is 24.3 Å². The molecule has 0 saturated carbocycles. The molecule has 0 saturated heterocycles. The van der Waals surface area contributed by atoms with Gasteiger partial charge < -0.3 is 16.0 Å². The fourth-order valence-electron chi connectivity index (χ4n) is 3.57. The number of hydrogen-bond acceptors (Lipinski definition) is 5. The average molecular weight is 442 g/mol. The number of hydrogen-bond donors (Lipinski definition) is 4. The molecule has 0 aliphatic carbocycles. The van der Waals surface area contributed by atoms with Crippen LogP contribution in [0.15, 0.2) is 78.4 Å². The highest BCUT2D eigenvalue weighted by Crippen LogP contribution is 2.33. The van der Waals surface area contributed by atoms with Crippen molar-refractivity contribution < 1.29 is 9.59 Å². The molecule has 0 fully saturated rings. The van der Waals surface area contributed by atoms with Crippen molar-refractivity contribution in [2.45, 2.75) is 6.42 Å². The third-order valence-electron chi connectivity index (χ3n) is 5.07. The van der Waals surface area contributed by atoms with E-state index < -0.39 is 0 Å². The van der Waals surface area contributed by atoms with Gasteiger partial charge in [-0.25, -0.2) is 0 Å². The van der Waals surface area contributed by atoms with Crippen LogP contribution in [0.2, 0.25) is 0 Å². The van der Waals surface area contributed by atoms with Crippen molar-refractivity contribution in [2.24, 2.45) is 0 Å². The third kappa shape index (κ3) is 4.17. The van der Waals surface area contributed by atoms with Crippen molar-refractivity contribution in [1.82, 2.24) is 10.2 Å². The predicted octanol–water partition coefficient (Wildman–Crippen LogP) is 4.72. The number of nitrogens with one attached hydrogen (secondary N) is 4. The van der Waals surface area contributed by atoms with Gasteiger partial charge in [-0.3, -0.25) is 14.7 Å². The van der Waals surface area contributed by atoms with Crippen LogP contribution in [-0.2, 0) is 11.2 Å². The second-order valence-electron chi connectivity index (χ2n) is 7.30. The minimum atomic E-state index is -0.154. The Morgan fingerprint density at radius 2 is 1.97 bits per heavy atom. The maximum atomic E-state index is 12.4. The number of H-pyrrole nitrogens is 1. The Balaban J connectivity index is 1.34. The van der Waals surface area contributed by atoms with Crippen LogP contribution in [-0.4, -0.2) is 22.0 Å². The van der Waals surface area contributed by atoms with Crippen molar-refractivity contribution in [3.8, 4) is 0 Å². The van der Waals surface area contributed by atoms with Crippen LogP contribution in [0.5, 0.6) is 0 Å². The van der Waals surface area contributed by atoms with E-state index in [1.54, 1.807) is 24.5 Å². The van der Waals surface area contributed by atoms with Gasteiger partial charge in [0.25, 0.3) is 11.8 Å². The Hall–Kier alpha value is -4.17. The smallest absolute Gasteiger partial charge is 0.265 e. The minimum absolute atomic E-state index is 0.113. The quantitative estimate of drug-likeness (QED) is 0.325. The van der Waals surface area contributed by atoms with Crippen molar-refractivity contribution in [2.75, 3.05) is 16.0 Å². The lowest BCUT2D eigenvalue weighted by molar-refractivity contribution is -0.110. The molecule has 5 rings (SSSR count). The molecule has 0 radical (unpaired) electrons. The number of thiophene rings is 1. The van der Waals surface area contributed by atoms with Crippen LogP contribution < -0.4 is 16.0 Å². The monoisotopic (exact) mass is 441 g/mol. The lowest BCUT2D eigenvalue weighted by Crippen LogP contribution is -2.10. The van der Waals surface area contributed by atoms with Crippen LogP contribution in [0.25, 0.3) is 5.57 Å². The zero-order valence-corrected chi connectivity index (χ0v) is 17.7. The molecule has 0 bridgehead atoms. The molecule has 3 heterocycles. The van der Waals surface area contributed by atoms with Gasteiger partial charge in [0.2, 0.25) is 0 Å². The Labute approximate surface area is 188 Å². The lowest BCUT2D eigenvalue weighted by Gasteiger charge is -2.08. The normalized spacial score (nSPS) is 13.6. The minimum Gasteiger partial charge on any atom is -0.344 e. The molecule has 7 nitrogen and oxygen atoms in total. The number of benzene rings is 2. The molecule has 158 valence electrons. The maximum Gasteiger partial charge on any atom is 0.265 e. The molecule has 1 aliphatic rings. The van der Waals surface area contributed by atoms with Crippen LogP contribution in [0.1, 0.15) is 26.4 Å². The van der Waals surface area contributed by atoms with Gasteiger partial charge in [0.15, 0.2) is 5.82 Å². The molecule has 8 heteroatoms. The van der Waals surface area contributed by atoms with E-state index in [0.29, 0.717) is 22.7 Å². The van der Waals surface area contributed by atoms with Crippen LogP contribution >= 0.6 is 11.3 Å². The Kier molecular flexibility index (Phi) is 5.27. The highest BCUT2D eigenvalue weighted by Gasteiger charge is 2.24. The fourth-order valence-corrected chi connectivity index (χ4v) is 4.19. The number of nitrogens with zero attached hydrogens (tertiary/aromatic N) is 1. The van der Waals surface area contributed by atoms with Gasteiger partial charge >= 0.3 is 0 Å². The first kappa shape index (κ1) is 19.8. The first-order valence-corrected chi connectivity index (χ1v) is 10.9. The second kappa shape index (κ2) is 8.52. The molecule has 4 aromatic rings. The second-order valence-corrected chi connectivity index (χ2v) is 8.25. The number of anilines is 3. The number of amides is 2. The molecule has 0 atom stereocenters. The Bertz CT molecular complexity index is 1310. The number of rotatable bonds is 6. The molecule has 32 heavy (non-hydrogen) atoms.